The maximum absolute atomic E-state index is 13.5. The molecular weight excluding hydrogens is 317 g/mol. The zero-order valence-electron chi connectivity index (χ0n) is 12.3. The fourth-order valence-corrected chi connectivity index (χ4v) is 2.38. The van der Waals surface area contributed by atoms with E-state index in [-0.39, 0.29) is 5.82 Å². The van der Waals surface area contributed by atoms with Gasteiger partial charge in [-0.3, -0.25) is 0 Å². The fourth-order valence-electron chi connectivity index (χ4n) is 2.19. The van der Waals surface area contributed by atoms with Gasteiger partial charge in [0.05, 0.1) is 6.54 Å². The van der Waals surface area contributed by atoms with Gasteiger partial charge in [0.2, 0.25) is 11.7 Å². The highest BCUT2D eigenvalue weighted by atomic mass is 35.5. The summed E-state index contributed by atoms with van der Waals surface area (Å²) < 4.78 is 18.7. The van der Waals surface area contributed by atoms with Crippen molar-refractivity contribution in [3.05, 3.63) is 70.8 Å². The van der Waals surface area contributed by atoms with Crippen molar-refractivity contribution in [2.75, 3.05) is 6.54 Å². The molecule has 6 heteroatoms. The second-order valence-corrected chi connectivity index (χ2v) is 5.48. The molecule has 1 aromatic heterocycles. The molecule has 0 unspecified atom stereocenters. The molecule has 0 spiro atoms. The second-order valence-electron chi connectivity index (χ2n) is 5.04. The number of aromatic nitrogens is 2. The summed E-state index contributed by atoms with van der Waals surface area (Å²) in [6.45, 7) is 1.05. The van der Waals surface area contributed by atoms with Crippen LogP contribution in [-0.2, 0) is 13.0 Å². The number of nitrogens with one attached hydrogen (secondary N) is 1. The molecule has 0 saturated carbocycles. The minimum atomic E-state index is -0.185. The van der Waals surface area contributed by atoms with Crippen LogP contribution in [0.5, 0.6) is 0 Å². The third kappa shape index (κ3) is 4.15. The van der Waals surface area contributed by atoms with Crippen LogP contribution in [-0.4, -0.2) is 16.7 Å². The van der Waals surface area contributed by atoms with Gasteiger partial charge in [0, 0.05) is 10.6 Å². The Morgan fingerprint density at radius 3 is 2.83 bits per heavy atom. The first-order valence-electron chi connectivity index (χ1n) is 7.25. The summed E-state index contributed by atoms with van der Waals surface area (Å²) in [6, 6.07) is 14.0. The van der Waals surface area contributed by atoms with Crippen LogP contribution >= 0.6 is 11.6 Å². The molecule has 0 aliphatic rings. The fraction of sp³-hybridized carbons (Fsp3) is 0.176. The second kappa shape index (κ2) is 7.35. The maximum Gasteiger partial charge on any atom is 0.240 e. The highest BCUT2D eigenvalue weighted by Gasteiger charge is 2.08. The van der Waals surface area contributed by atoms with Gasteiger partial charge in [-0.1, -0.05) is 47.1 Å². The van der Waals surface area contributed by atoms with Gasteiger partial charge in [-0.15, -0.1) is 0 Å². The summed E-state index contributed by atoms with van der Waals surface area (Å²) in [7, 11) is 0. The molecule has 0 bridgehead atoms. The van der Waals surface area contributed by atoms with E-state index in [1.54, 1.807) is 24.3 Å². The van der Waals surface area contributed by atoms with Gasteiger partial charge in [-0.2, -0.15) is 4.98 Å². The Hall–Kier alpha value is -2.24. The van der Waals surface area contributed by atoms with E-state index in [4.69, 9.17) is 16.1 Å². The Morgan fingerprint density at radius 2 is 2.00 bits per heavy atom. The zero-order valence-corrected chi connectivity index (χ0v) is 13.1. The Balaban J connectivity index is 1.53. The Bertz CT molecular complexity index is 791. The molecule has 0 fully saturated rings. The van der Waals surface area contributed by atoms with Gasteiger partial charge in [0.15, 0.2) is 0 Å². The first-order valence-corrected chi connectivity index (χ1v) is 7.63. The van der Waals surface area contributed by atoms with Crippen molar-refractivity contribution in [2.24, 2.45) is 0 Å². The summed E-state index contributed by atoms with van der Waals surface area (Å²) in [5.74, 6) is 0.794. The lowest BCUT2D eigenvalue weighted by Crippen LogP contribution is -2.17. The quantitative estimate of drug-likeness (QED) is 0.697. The van der Waals surface area contributed by atoms with E-state index in [1.807, 2.05) is 18.2 Å². The minimum absolute atomic E-state index is 0.185. The number of halogens is 2. The number of benzene rings is 2. The maximum atomic E-state index is 13.5. The van der Waals surface area contributed by atoms with Crippen molar-refractivity contribution in [3.8, 4) is 11.4 Å². The van der Waals surface area contributed by atoms with Crippen molar-refractivity contribution in [1.29, 1.82) is 0 Å². The highest BCUT2D eigenvalue weighted by molar-refractivity contribution is 6.30. The number of hydrogen-bond donors (Lipinski definition) is 1. The third-order valence-corrected chi connectivity index (χ3v) is 3.59. The molecule has 118 valence electrons. The van der Waals surface area contributed by atoms with Gasteiger partial charge in [0.1, 0.15) is 5.82 Å². The molecule has 0 saturated heterocycles. The van der Waals surface area contributed by atoms with E-state index in [0.717, 1.165) is 5.56 Å². The van der Waals surface area contributed by atoms with Crippen LogP contribution in [0.25, 0.3) is 11.4 Å². The van der Waals surface area contributed by atoms with Gasteiger partial charge >= 0.3 is 0 Å². The molecule has 3 aromatic rings. The Labute approximate surface area is 138 Å². The predicted molar refractivity (Wildman–Crippen MR) is 86.6 cm³/mol. The van der Waals surface area contributed by atoms with E-state index >= 15 is 0 Å². The number of rotatable bonds is 6. The monoisotopic (exact) mass is 331 g/mol. The number of nitrogens with zero attached hydrogens (tertiary/aromatic N) is 2. The van der Waals surface area contributed by atoms with Crippen LogP contribution in [0.2, 0.25) is 5.02 Å². The summed E-state index contributed by atoms with van der Waals surface area (Å²) in [5.41, 5.74) is 1.49. The summed E-state index contributed by atoms with van der Waals surface area (Å²) in [6.07, 6.45) is 0.599. The van der Waals surface area contributed by atoms with E-state index in [2.05, 4.69) is 15.5 Å². The van der Waals surface area contributed by atoms with Crippen molar-refractivity contribution in [1.82, 2.24) is 15.5 Å². The molecule has 0 atom stereocenters. The molecular formula is C17H15ClFN3O. The predicted octanol–water partition coefficient (Wildman–Crippen LogP) is 3.86. The standard InChI is InChI=1S/C17H15ClFN3O/c18-14-6-3-5-13(10-14)17-21-16(23-22-17)11-20-9-8-12-4-1-2-7-15(12)19/h1-7,10,20H,8-9,11H2. The van der Waals surface area contributed by atoms with Gasteiger partial charge in [-0.25, -0.2) is 4.39 Å². The molecule has 1 heterocycles. The van der Waals surface area contributed by atoms with Crippen LogP contribution in [0.15, 0.2) is 53.1 Å². The summed E-state index contributed by atoms with van der Waals surface area (Å²) in [5, 5.41) is 7.72. The molecule has 3 rings (SSSR count). The molecule has 0 aliphatic carbocycles. The lowest BCUT2D eigenvalue weighted by Gasteiger charge is -2.03. The lowest BCUT2D eigenvalue weighted by molar-refractivity contribution is 0.368. The zero-order chi connectivity index (χ0) is 16.1. The van der Waals surface area contributed by atoms with E-state index < -0.39 is 0 Å². The van der Waals surface area contributed by atoms with Crippen LogP contribution in [0.1, 0.15) is 11.5 Å². The molecule has 23 heavy (non-hydrogen) atoms. The van der Waals surface area contributed by atoms with Crippen LogP contribution < -0.4 is 5.32 Å². The van der Waals surface area contributed by atoms with Crippen LogP contribution in [0.4, 0.5) is 4.39 Å². The van der Waals surface area contributed by atoms with E-state index in [1.165, 1.54) is 6.07 Å². The topological polar surface area (TPSA) is 51.0 Å². The first-order chi connectivity index (χ1) is 11.2. The largest absolute Gasteiger partial charge is 0.338 e. The molecule has 4 nitrogen and oxygen atoms in total. The Kier molecular flexibility index (Phi) is 5.00. The summed E-state index contributed by atoms with van der Waals surface area (Å²) in [4.78, 5) is 4.31. The average molecular weight is 332 g/mol. The van der Waals surface area contributed by atoms with E-state index in [0.29, 0.717) is 41.8 Å². The average Bonchev–Trinajstić information content (AvgIpc) is 3.02. The smallest absolute Gasteiger partial charge is 0.240 e. The van der Waals surface area contributed by atoms with Crippen LogP contribution in [0, 0.1) is 5.82 Å². The van der Waals surface area contributed by atoms with Crippen molar-refractivity contribution >= 4 is 11.6 Å². The van der Waals surface area contributed by atoms with E-state index in [9.17, 15) is 4.39 Å². The van der Waals surface area contributed by atoms with Crippen molar-refractivity contribution in [3.63, 3.8) is 0 Å². The minimum Gasteiger partial charge on any atom is -0.338 e. The molecule has 2 aromatic carbocycles. The van der Waals surface area contributed by atoms with Crippen molar-refractivity contribution < 1.29 is 8.91 Å². The Morgan fingerprint density at radius 1 is 1.13 bits per heavy atom. The van der Waals surface area contributed by atoms with Gasteiger partial charge in [-0.05, 0) is 36.7 Å². The third-order valence-electron chi connectivity index (χ3n) is 3.36. The first kappa shape index (κ1) is 15.6. The molecule has 0 amide bonds. The lowest BCUT2D eigenvalue weighted by atomic mass is 10.1. The van der Waals surface area contributed by atoms with Gasteiger partial charge < -0.3 is 9.84 Å². The van der Waals surface area contributed by atoms with Gasteiger partial charge in [0.25, 0.3) is 0 Å². The normalized spacial score (nSPS) is 10.9. The van der Waals surface area contributed by atoms with Crippen molar-refractivity contribution in [2.45, 2.75) is 13.0 Å². The SMILES string of the molecule is Fc1ccccc1CCNCc1nc(-c2cccc(Cl)c2)no1. The highest BCUT2D eigenvalue weighted by Crippen LogP contribution is 2.19. The summed E-state index contributed by atoms with van der Waals surface area (Å²) >= 11 is 5.95. The number of hydrogen-bond acceptors (Lipinski definition) is 4. The molecule has 0 aliphatic heterocycles. The molecule has 1 N–H and O–H groups in total. The van der Waals surface area contributed by atoms with Crippen LogP contribution in [0.3, 0.4) is 0 Å². The molecule has 0 radical (unpaired) electrons.